The first-order valence-corrected chi connectivity index (χ1v) is 7.43. The predicted octanol–water partition coefficient (Wildman–Crippen LogP) is 1.70. The molecule has 0 saturated carbocycles. The average molecular weight is 286 g/mol. The summed E-state index contributed by atoms with van der Waals surface area (Å²) in [5.41, 5.74) is 0. The van der Waals surface area contributed by atoms with Gasteiger partial charge < -0.3 is 20.1 Å². The number of carbonyl (C=O) groups excluding carboxylic acids is 1. The number of urea groups is 1. The number of likely N-dealkylation sites (tertiary alicyclic amines) is 1. The van der Waals surface area contributed by atoms with Crippen LogP contribution >= 0.6 is 0 Å². The number of aliphatic carboxylic acids is 1. The monoisotopic (exact) mass is 286 g/mol. The topological polar surface area (TPSA) is 78.9 Å². The van der Waals surface area contributed by atoms with E-state index < -0.39 is 12.0 Å². The second kappa shape index (κ2) is 8.79. The molecule has 20 heavy (non-hydrogen) atoms. The highest BCUT2D eigenvalue weighted by molar-refractivity contribution is 5.83. The standard InChI is InChI=1S/C14H26N2O4/c1-3-4-9-20-10-7-15-14(19)16-8-5-6-11(2)12(16)13(17)18/h11-12H,3-10H2,1-2H3,(H,15,19)(H,17,18). The van der Waals surface area contributed by atoms with Crippen molar-refractivity contribution in [2.45, 2.75) is 45.6 Å². The Hall–Kier alpha value is -1.30. The molecule has 0 aliphatic carbocycles. The van der Waals surface area contributed by atoms with Crippen molar-refractivity contribution in [1.29, 1.82) is 0 Å². The van der Waals surface area contributed by atoms with E-state index in [2.05, 4.69) is 12.2 Å². The zero-order valence-corrected chi connectivity index (χ0v) is 12.4. The van der Waals surface area contributed by atoms with Gasteiger partial charge in [-0.3, -0.25) is 0 Å². The van der Waals surface area contributed by atoms with Gasteiger partial charge in [-0.25, -0.2) is 9.59 Å². The maximum atomic E-state index is 12.0. The molecular weight excluding hydrogens is 260 g/mol. The van der Waals surface area contributed by atoms with Crippen molar-refractivity contribution in [1.82, 2.24) is 10.2 Å². The van der Waals surface area contributed by atoms with Gasteiger partial charge in [-0.2, -0.15) is 0 Å². The lowest BCUT2D eigenvalue weighted by Gasteiger charge is -2.37. The molecule has 0 aromatic heterocycles. The lowest BCUT2D eigenvalue weighted by atomic mass is 9.91. The minimum atomic E-state index is -0.924. The number of carboxylic acids is 1. The molecule has 1 rings (SSSR count). The summed E-state index contributed by atoms with van der Waals surface area (Å²) in [6.45, 7) is 6.06. The van der Waals surface area contributed by atoms with Gasteiger partial charge in [0.1, 0.15) is 6.04 Å². The maximum Gasteiger partial charge on any atom is 0.326 e. The van der Waals surface area contributed by atoms with Crippen molar-refractivity contribution in [2.24, 2.45) is 5.92 Å². The lowest BCUT2D eigenvalue weighted by molar-refractivity contribution is -0.145. The molecule has 1 fully saturated rings. The molecule has 1 heterocycles. The summed E-state index contributed by atoms with van der Waals surface area (Å²) in [4.78, 5) is 24.8. The molecule has 2 N–H and O–H groups in total. The van der Waals surface area contributed by atoms with Crippen molar-refractivity contribution >= 4 is 12.0 Å². The van der Waals surface area contributed by atoms with Gasteiger partial charge in [0, 0.05) is 19.7 Å². The largest absolute Gasteiger partial charge is 0.480 e. The molecular formula is C14H26N2O4. The summed E-state index contributed by atoms with van der Waals surface area (Å²) in [7, 11) is 0. The Bertz CT molecular complexity index is 322. The van der Waals surface area contributed by atoms with Crippen LogP contribution in [0.15, 0.2) is 0 Å². The van der Waals surface area contributed by atoms with Crippen molar-refractivity contribution < 1.29 is 19.4 Å². The smallest absolute Gasteiger partial charge is 0.326 e. The van der Waals surface area contributed by atoms with Crippen LogP contribution in [0.1, 0.15) is 39.5 Å². The number of piperidine rings is 1. The SMILES string of the molecule is CCCCOCCNC(=O)N1CCCC(C)C1C(=O)O. The van der Waals surface area contributed by atoms with Crippen LogP contribution in [0.3, 0.4) is 0 Å². The van der Waals surface area contributed by atoms with Crippen molar-refractivity contribution in [2.75, 3.05) is 26.3 Å². The molecule has 6 heteroatoms. The van der Waals surface area contributed by atoms with E-state index in [-0.39, 0.29) is 11.9 Å². The summed E-state index contributed by atoms with van der Waals surface area (Å²) < 4.78 is 5.36. The Morgan fingerprint density at radius 1 is 1.40 bits per heavy atom. The van der Waals surface area contributed by atoms with Crippen LogP contribution in [0.2, 0.25) is 0 Å². The summed E-state index contributed by atoms with van der Waals surface area (Å²) in [5.74, 6) is -0.931. The zero-order chi connectivity index (χ0) is 15.0. The molecule has 2 atom stereocenters. The van der Waals surface area contributed by atoms with Crippen molar-refractivity contribution in [3.05, 3.63) is 0 Å². The number of rotatable bonds is 7. The van der Waals surface area contributed by atoms with Crippen LogP contribution < -0.4 is 5.32 Å². The first-order chi connectivity index (χ1) is 9.57. The number of amides is 2. The normalized spacial score (nSPS) is 22.6. The van der Waals surface area contributed by atoms with E-state index in [1.54, 1.807) is 0 Å². The van der Waals surface area contributed by atoms with E-state index >= 15 is 0 Å². The molecule has 0 aromatic rings. The lowest BCUT2D eigenvalue weighted by Crippen LogP contribution is -2.55. The van der Waals surface area contributed by atoms with Crippen LogP contribution in [0.25, 0.3) is 0 Å². The van der Waals surface area contributed by atoms with E-state index in [0.717, 1.165) is 25.7 Å². The molecule has 0 bridgehead atoms. The Labute approximate surface area is 120 Å². The van der Waals surface area contributed by atoms with Crippen LogP contribution in [0, 0.1) is 5.92 Å². The summed E-state index contributed by atoms with van der Waals surface area (Å²) >= 11 is 0. The van der Waals surface area contributed by atoms with Gasteiger partial charge in [0.2, 0.25) is 0 Å². The molecule has 116 valence electrons. The van der Waals surface area contributed by atoms with E-state index in [0.29, 0.717) is 26.3 Å². The fraction of sp³-hybridized carbons (Fsp3) is 0.857. The Morgan fingerprint density at radius 2 is 2.15 bits per heavy atom. The van der Waals surface area contributed by atoms with Crippen LogP contribution in [-0.2, 0) is 9.53 Å². The number of nitrogens with one attached hydrogen (secondary N) is 1. The molecule has 1 aliphatic rings. The quantitative estimate of drug-likeness (QED) is 0.698. The van der Waals surface area contributed by atoms with Gasteiger partial charge in [-0.05, 0) is 25.2 Å². The zero-order valence-electron chi connectivity index (χ0n) is 12.4. The molecule has 6 nitrogen and oxygen atoms in total. The minimum absolute atomic E-state index is 0.00666. The van der Waals surface area contributed by atoms with Gasteiger partial charge in [0.05, 0.1) is 6.61 Å². The van der Waals surface area contributed by atoms with Gasteiger partial charge in [0.15, 0.2) is 0 Å². The van der Waals surface area contributed by atoms with E-state index in [1.807, 2.05) is 6.92 Å². The van der Waals surface area contributed by atoms with Crippen LogP contribution in [0.4, 0.5) is 4.79 Å². The molecule has 0 spiro atoms. The predicted molar refractivity (Wildman–Crippen MR) is 75.7 cm³/mol. The number of hydrogen-bond donors (Lipinski definition) is 2. The number of unbranched alkanes of at least 4 members (excludes halogenated alkanes) is 1. The Morgan fingerprint density at radius 3 is 2.80 bits per heavy atom. The number of nitrogens with zero attached hydrogens (tertiary/aromatic N) is 1. The molecule has 2 amide bonds. The third kappa shape index (κ3) is 5.00. The minimum Gasteiger partial charge on any atom is -0.480 e. The van der Waals surface area contributed by atoms with E-state index in [4.69, 9.17) is 4.74 Å². The summed E-state index contributed by atoms with van der Waals surface area (Å²) in [5, 5.41) is 12.0. The fourth-order valence-electron chi connectivity index (χ4n) is 2.47. The second-order valence-corrected chi connectivity index (χ2v) is 5.29. The third-order valence-corrected chi connectivity index (χ3v) is 3.61. The first kappa shape index (κ1) is 16.8. The van der Waals surface area contributed by atoms with Gasteiger partial charge >= 0.3 is 12.0 Å². The fourth-order valence-corrected chi connectivity index (χ4v) is 2.47. The van der Waals surface area contributed by atoms with Crippen molar-refractivity contribution in [3.8, 4) is 0 Å². The summed E-state index contributed by atoms with van der Waals surface area (Å²) in [6.07, 6.45) is 3.79. The number of hydrogen-bond acceptors (Lipinski definition) is 3. The van der Waals surface area contributed by atoms with Gasteiger partial charge in [-0.15, -0.1) is 0 Å². The highest BCUT2D eigenvalue weighted by atomic mass is 16.5. The maximum absolute atomic E-state index is 12.0. The molecule has 1 saturated heterocycles. The van der Waals surface area contributed by atoms with Crippen LogP contribution in [0.5, 0.6) is 0 Å². The Balaban J connectivity index is 2.35. The van der Waals surface area contributed by atoms with Gasteiger partial charge in [-0.1, -0.05) is 20.3 Å². The second-order valence-electron chi connectivity index (χ2n) is 5.29. The Kier molecular flexibility index (Phi) is 7.36. The first-order valence-electron chi connectivity index (χ1n) is 7.43. The molecule has 1 aliphatic heterocycles. The third-order valence-electron chi connectivity index (χ3n) is 3.61. The van der Waals surface area contributed by atoms with E-state index in [1.165, 1.54) is 4.90 Å². The number of ether oxygens (including phenoxy) is 1. The summed E-state index contributed by atoms with van der Waals surface area (Å²) in [6, 6.07) is -1.02. The molecule has 0 aromatic carbocycles. The average Bonchev–Trinajstić information content (AvgIpc) is 2.41. The molecule has 0 radical (unpaired) electrons. The van der Waals surface area contributed by atoms with Crippen molar-refractivity contribution in [3.63, 3.8) is 0 Å². The number of carboxylic acid groups (broad SMARTS) is 1. The highest BCUT2D eigenvalue weighted by Crippen LogP contribution is 2.23. The van der Waals surface area contributed by atoms with E-state index in [9.17, 15) is 14.7 Å². The highest BCUT2D eigenvalue weighted by Gasteiger charge is 2.36. The number of carbonyl (C=O) groups is 2. The molecule has 2 unspecified atom stereocenters. The van der Waals surface area contributed by atoms with Gasteiger partial charge in [0.25, 0.3) is 0 Å². The van der Waals surface area contributed by atoms with Crippen LogP contribution in [-0.4, -0.2) is 54.4 Å².